The first-order valence-electron chi connectivity index (χ1n) is 7.30. The Morgan fingerprint density at radius 2 is 1.86 bits per heavy atom. The van der Waals surface area contributed by atoms with E-state index in [-0.39, 0.29) is 5.56 Å². The maximum atomic E-state index is 14.1. The highest BCUT2D eigenvalue weighted by molar-refractivity contribution is 5.27. The molecule has 6 heteroatoms. The molecule has 3 N–H and O–H groups in total. The molecule has 0 radical (unpaired) electrons. The highest BCUT2D eigenvalue weighted by atomic mass is 19.2. The zero-order valence-corrected chi connectivity index (χ0v) is 12.4. The van der Waals surface area contributed by atoms with E-state index in [1.807, 2.05) is 13.8 Å². The van der Waals surface area contributed by atoms with Crippen LogP contribution in [0.25, 0.3) is 0 Å². The van der Waals surface area contributed by atoms with Gasteiger partial charge in [0.05, 0.1) is 6.04 Å². The van der Waals surface area contributed by atoms with Gasteiger partial charge >= 0.3 is 0 Å². The van der Waals surface area contributed by atoms with Gasteiger partial charge in [-0.25, -0.2) is 13.2 Å². The Morgan fingerprint density at radius 3 is 2.38 bits per heavy atom. The van der Waals surface area contributed by atoms with Crippen LogP contribution in [0.3, 0.4) is 0 Å². The predicted octanol–water partition coefficient (Wildman–Crippen LogP) is 2.87. The van der Waals surface area contributed by atoms with Crippen LogP contribution in [0.4, 0.5) is 13.2 Å². The summed E-state index contributed by atoms with van der Waals surface area (Å²) in [6.45, 7) is 5.76. The van der Waals surface area contributed by atoms with Crippen molar-refractivity contribution in [3.8, 4) is 0 Å². The number of rotatable bonds is 5. The lowest BCUT2D eigenvalue weighted by Crippen LogP contribution is -2.55. The average Bonchev–Trinajstić information content (AvgIpc) is 3.02. The van der Waals surface area contributed by atoms with Crippen LogP contribution < -0.4 is 11.3 Å². The summed E-state index contributed by atoms with van der Waals surface area (Å²) in [4.78, 5) is 2.23. The van der Waals surface area contributed by atoms with E-state index in [0.29, 0.717) is 6.42 Å². The normalized spacial score (nSPS) is 20.5. The molecule has 2 unspecified atom stereocenters. The maximum Gasteiger partial charge on any atom is 0.194 e. The molecular formula is C15H22F3N3. The minimum Gasteiger partial charge on any atom is -0.296 e. The van der Waals surface area contributed by atoms with Crippen molar-refractivity contribution in [2.24, 2.45) is 5.84 Å². The molecule has 0 amide bonds. The van der Waals surface area contributed by atoms with E-state index in [1.165, 1.54) is 6.07 Å². The van der Waals surface area contributed by atoms with E-state index in [4.69, 9.17) is 5.84 Å². The van der Waals surface area contributed by atoms with Crippen molar-refractivity contribution in [3.05, 3.63) is 35.1 Å². The van der Waals surface area contributed by atoms with Crippen molar-refractivity contribution >= 4 is 0 Å². The molecule has 2 rings (SSSR count). The van der Waals surface area contributed by atoms with Gasteiger partial charge < -0.3 is 0 Å². The minimum absolute atomic E-state index is 0.0626. The summed E-state index contributed by atoms with van der Waals surface area (Å²) in [5, 5.41) is 0. The van der Waals surface area contributed by atoms with Crippen LogP contribution in [0.1, 0.15) is 44.7 Å². The second-order valence-electron chi connectivity index (χ2n) is 5.77. The zero-order valence-electron chi connectivity index (χ0n) is 12.4. The van der Waals surface area contributed by atoms with Gasteiger partial charge in [-0.3, -0.25) is 16.2 Å². The first-order chi connectivity index (χ1) is 9.95. The smallest absolute Gasteiger partial charge is 0.194 e. The maximum absolute atomic E-state index is 14.1. The summed E-state index contributed by atoms with van der Waals surface area (Å²) in [5.41, 5.74) is 2.20. The lowest BCUT2D eigenvalue weighted by atomic mass is 9.83. The third-order valence-corrected chi connectivity index (χ3v) is 4.71. The Bertz CT molecular complexity index is 503. The number of hydrazine groups is 1. The van der Waals surface area contributed by atoms with Crippen LogP contribution in [0, 0.1) is 17.5 Å². The molecule has 0 spiro atoms. The molecule has 0 saturated carbocycles. The van der Waals surface area contributed by atoms with Crippen molar-refractivity contribution in [1.82, 2.24) is 10.3 Å². The summed E-state index contributed by atoms with van der Waals surface area (Å²) in [6, 6.07) is 1.59. The largest absolute Gasteiger partial charge is 0.296 e. The van der Waals surface area contributed by atoms with Gasteiger partial charge in [-0.15, -0.1) is 0 Å². The SMILES string of the molecule is CCC(C)(C(NN)c1ccc(F)c(F)c1F)N1CCCC1. The van der Waals surface area contributed by atoms with Gasteiger partial charge in [0.2, 0.25) is 0 Å². The average molecular weight is 301 g/mol. The van der Waals surface area contributed by atoms with Gasteiger partial charge in [0, 0.05) is 11.1 Å². The van der Waals surface area contributed by atoms with Crippen LogP contribution in [0.5, 0.6) is 0 Å². The molecule has 118 valence electrons. The van der Waals surface area contributed by atoms with Crippen LogP contribution in [-0.2, 0) is 0 Å². The number of benzene rings is 1. The van der Waals surface area contributed by atoms with Crippen LogP contribution in [0.2, 0.25) is 0 Å². The number of nitrogens with zero attached hydrogens (tertiary/aromatic N) is 1. The van der Waals surface area contributed by atoms with Crippen LogP contribution in [0.15, 0.2) is 12.1 Å². The lowest BCUT2D eigenvalue weighted by molar-refractivity contribution is 0.0820. The summed E-state index contributed by atoms with van der Waals surface area (Å²) < 4.78 is 40.8. The lowest BCUT2D eigenvalue weighted by Gasteiger charge is -2.44. The summed E-state index contributed by atoms with van der Waals surface area (Å²) >= 11 is 0. The molecule has 1 heterocycles. The molecule has 2 atom stereocenters. The first-order valence-corrected chi connectivity index (χ1v) is 7.30. The van der Waals surface area contributed by atoms with Gasteiger partial charge in [0.1, 0.15) is 0 Å². The van der Waals surface area contributed by atoms with Gasteiger partial charge in [-0.05, 0) is 45.3 Å². The molecular weight excluding hydrogens is 279 g/mol. The molecule has 0 aliphatic carbocycles. The van der Waals surface area contributed by atoms with E-state index in [0.717, 1.165) is 32.0 Å². The van der Waals surface area contributed by atoms with Crippen molar-refractivity contribution in [3.63, 3.8) is 0 Å². The van der Waals surface area contributed by atoms with Crippen molar-refractivity contribution < 1.29 is 13.2 Å². The summed E-state index contributed by atoms with van der Waals surface area (Å²) in [7, 11) is 0. The molecule has 1 fully saturated rings. The molecule has 1 aliphatic heterocycles. The van der Waals surface area contributed by atoms with E-state index < -0.39 is 29.0 Å². The second kappa shape index (κ2) is 6.34. The van der Waals surface area contributed by atoms with E-state index in [9.17, 15) is 13.2 Å². The highest BCUT2D eigenvalue weighted by Gasteiger charge is 2.41. The zero-order chi connectivity index (χ0) is 15.6. The predicted molar refractivity (Wildman–Crippen MR) is 75.9 cm³/mol. The fourth-order valence-electron chi connectivity index (χ4n) is 3.21. The monoisotopic (exact) mass is 301 g/mol. The summed E-state index contributed by atoms with van der Waals surface area (Å²) in [6.07, 6.45) is 2.86. The molecule has 0 bridgehead atoms. The summed E-state index contributed by atoms with van der Waals surface area (Å²) in [5.74, 6) is 1.82. The number of nitrogens with one attached hydrogen (secondary N) is 1. The molecule has 1 aromatic carbocycles. The minimum atomic E-state index is -1.45. The Hall–Kier alpha value is -1.11. The highest BCUT2D eigenvalue weighted by Crippen LogP contribution is 2.37. The standard InChI is InChI=1S/C15H22F3N3/c1-3-15(2,21-8-4-5-9-21)14(20-19)10-6-7-11(16)13(18)12(10)17/h6-7,14,20H,3-5,8-9,19H2,1-2H3. The second-order valence-corrected chi connectivity index (χ2v) is 5.77. The van der Waals surface area contributed by atoms with Crippen molar-refractivity contribution in [2.45, 2.75) is 44.7 Å². The van der Waals surface area contributed by atoms with Crippen LogP contribution >= 0.6 is 0 Å². The Balaban J connectivity index is 2.44. The number of halogens is 3. The molecule has 1 aromatic rings. The Morgan fingerprint density at radius 1 is 1.24 bits per heavy atom. The first kappa shape index (κ1) is 16.3. The van der Waals surface area contributed by atoms with Crippen molar-refractivity contribution in [1.29, 1.82) is 0 Å². The Labute approximate surface area is 123 Å². The molecule has 3 nitrogen and oxygen atoms in total. The third-order valence-electron chi connectivity index (χ3n) is 4.71. The Kier molecular flexibility index (Phi) is 4.91. The molecule has 0 aromatic heterocycles. The quantitative estimate of drug-likeness (QED) is 0.499. The number of likely N-dealkylation sites (tertiary alicyclic amines) is 1. The third kappa shape index (κ3) is 2.80. The fraction of sp³-hybridized carbons (Fsp3) is 0.600. The molecule has 1 saturated heterocycles. The van der Waals surface area contributed by atoms with E-state index in [2.05, 4.69) is 10.3 Å². The fourth-order valence-corrected chi connectivity index (χ4v) is 3.21. The van der Waals surface area contributed by atoms with E-state index in [1.54, 1.807) is 0 Å². The van der Waals surface area contributed by atoms with Gasteiger partial charge in [-0.2, -0.15) is 0 Å². The van der Waals surface area contributed by atoms with Gasteiger partial charge in [0.25, 0.3) is 0 Å². The topological polar surface area (TPSA) is 41.3 Å². The van der Waals surface area contributed by atoms with Crippen LogP contribution in [-0.4, -0.2) is 23.5 Å². The van der Waals surface area contributed by atoms with Crippen molar-refractivity contribution in [2.75, 3.05) is 13.1 Å². The van der Waals surface area contributed by atoms with Gasteiger partial charge in [0.15, 0.2) is 17.5 Å². The van der Waals surface area contributed by atoms with E-state index >= 15 is 0 Å². The number of hydrogen-bond donors (Lipinski definition) is 2. The molecule has 21 heavy (non-hydrogen) atoms. The number of hydrogen-bond acceptors (Lipinski definition) is 3. The van der Waals surface area contributed by atoms with Gasteiger partial charge in [-0.1, -0.05) is 13.0 Å². The number of nitrogens with two attached hydrogens (primary N) is 1. The molecule has 1 aliphatic rings.